The summed E-state index contributed by atoms with van der Waals surface area (Å²) in [4.78, 5) is 12.5. The topological polar surface area (TPSA) is 75.7 Å². The summed E-state index contributed by atoms with van der Waals surface area (Å²) < 4.78 is 30.6. The molecule has 0 radical (unpaired) electrons. The first-order valence-corrected chi connectivity index (χ1v) is 9.47. The van der Waals surface area contributed by atoms with Gasteiger partial charge in [0.05, 0.1) is 18.6 Å². The number of carbonyl (C=O) groups is 1. The van der Waals surface area contributed by atoms with Gasteiger partial charge in [0.15, 0.2) is 0 Å². The van der Waals surface area contributed by atoms with Crippen molar-refractivity contribution in [2.24, 2.45) is 0 Å². The molecule has 0 aromatic heterocycles. The van der Waals surface area contributed by atoms with Gasteiger partial charge in [0.1, 0.15) is 6.04 Å². The zero-order valence-corrected chi connectivity index (χ0v) is 15.3. The van der Waals surface area contributed by atoms with E-state index in [9.17, 15) is 13.2 Å². The van der Waals surface area contributed by atoms with Crippen LogP contribution in [0.15, 0.2) is 24.3 Å². The van der Waals surface area contributed by atoms with Crippen LogP contribution in [0.4, 0.5) is 5.69 Å². The van der Waals surface area contributed by atoms with Crippen molar-refractivity contribution in [3.8, 4) is 0 Å². The van der Waals surface area contributed by atoms with Crippen LogP contribution in [-0.2, 0) is 19.6 Å². The highest BCUT2D eigenvalue weighted by molar-refractivity contribution is 7.92. The number of halogens is 1. The van der Waals surface area contributed by atoms with Crippen molar-refractivity contribution in [2.45, 2.75) is 32.4 Å². The number of ether oxygens (including phenoxy) is 1. The van der Waals surface area contributed by atoms with E-state index in [2.05, 4.69) is 5.32 Å². The maximum atomic E-state index is 12.5. The van der Waals surface area contributed by atoms with Crippen LogP contribution in [0, 0.1) is 0 Å². The number of carbonyl (C=O) groups excluding carboxylic acids is 1. The quantitative estimate of drug-likeness (QED) is 0.767. The summed E-state index contributed by atoms with van der Waals surface area (Å²) in [5.41, 5.74) is 0.362. The summed E-state index contributed by atoms with van der Waals surface area (Å²) in [5, 5.41) is 3.17. The highest BCUT2D eigenvalue weighted by Gasteiger charge is 2.32. The van der Waals surface area contributed by atoms with Crippen molar-refractivity contribution in [2.75, 3.05) is 24.3 Å². The minimum absolute atomic E-state index is 0.220. The van der Waals surface area contributed by atoms with E-state index in [1.165, 1.54) is 13.2 Å². The second-order valence-corrected chi connectivity index (χ2v) is 7.62. The SMILES string of the molecule is CCC(C(=O)NC(C)COC)N(c1cccc(Cl)c1)S(C)(=O)=O. The Kier molecular flexibility index (Phi) is 7.31. The minimum atomic E-state index is -3.66. The zero-order valence-electron chi connectivity index (χ0n) is 13.7. The number of amides is 1. The molecule has 0 heterocycles. The van der Waals surface area contributed by atoms with Crippen molar-refractivity contribution in [1.82, 2.24) is 5.32 Å². The lowest BCUT2D eigenvalue weighted by Gasteiger charge is -2.31. The molecule has 2 unspecified atom stereocenters. The van der Waals surface area contributed by atoms with Crippen LogP contribution in [-0.4, -0.2) is 46.4 Å². The molecular weight excluding hydrogens is 340 g/mol. The molecule has 8 heteroatoms. The Balaban J connectivity index is 3.16. The van der Waals surface area contributed by atoms with Crippen LogP contribution >= 0.6 is 11.6 Å². The Hall–Kier alpha value is -1.31. The predicted molar refractivity (Wildman–Crippen MR) is 92.3 cm³/mol. The summed E-state index contributed by atoms with van der Waals surface area (Å²) in [6.07, 6.45) is 1.40. The lowest BCUT2D eigenvalue weighted by atomic mass is 10.1. The summed E-state index contributed by atoms with van der Waals surface area (Å²) in [6.45, 7) is 3.89. The van der Waals surface area contributed by atoms with Crippen LogP contribution in [0.5, 0.6) is 0 Å². The second-order valence-electron chi connectivity index (χ2n) is 5.33. The summed E-state index contributed by atoms with van der Waals surface area (Å²) in [7, 11) is -2.12. The van der Waals surface area contributed by atoms with Gasteiger partial charge in [0, 0.05) is 18.2 Å². The second kappa shape index (κ2) is 8.52. The average molecular weight is 363 g/mol. The smallest absolute Gasteiger partial charge is 0.244 e. The molecular formula is C15H23ClN2O4S. The van der Waals surface area contributed by atoms with Gasteiger partial charge in [-0.05, 0) is 31.5 Å². The number of nitrogens with one attached hydrogen (secondary N) is 1. The average Bonchev–Trinajstić information content (AvgIpc) is 2.43. The molecule has 1 aromatic rings. The number of sulfonamides is 1. The molecule has 1 N–H and O–H groups in total. The van der Waals surface area contributed by atoms with Gasteiger partial charge in [-0.1, -0.05) is 24.6 Å². The molecule has 2 atom stereocenters. The standard InChI is InChI=1S/C15H23ClN2O4S/c1-5-14(15(19)17-11(2)10-22-3)18(23(4,20)21)13-8-6-7-12(16)9-13/h6-9,11,14H,5,10H2,1-4H3,(H,17,19). The molecule has 23 heavy (non-hydrogen) atoms. The highest BCUT2D eigenvalue weighted by atomic mass is 35.5. The number of rotatable bonds is 8. The summed E-state index contributed by atoms with van der Waals surface area (Å²) in [5.74, 6) is -0.373. The lowest BCUT2D eigenvalue weighted by molar-refractivity contribution is -0.123. The predicted octanol–water partition coefficient (Wildman–Crippen LogP) is 2.04. The van der Waals surface area contributed by atoms with Gasteiger partial charge in [0.25, 0.3) is 0 Å². The first-order chi connectivity index (χ1) is 10.7. The molecule has 0 fully saturated rings. The van der Waals surface area contributed by atoms with E-state index < -0.39 is 16.1 Å². The monoisotopic (exact) mass is 362 g/mol. The van der Waals surface area contributed by atoms with Crippen LogP contribution in [0.25, 0.3) is 0 Å². The third-order valence-electron chi connectivity index (χ3n) is 3.20. The van der Waals surface area contributed by atoms with E-state index in [0.29, 0.717) is 23.7 Å². The van der Waals surface area contributed by atoms with E-state index in [-0.39, 0.29) is 11.9 Å². The molecule has 1 rings (SSSR count). The Morgan fingerprint density at radius 2 is 2.09 bits per heavy atom. The van der Waals surface area contributed by atoms with E-state index >= 15 is 0 Å². The molecule has 0 spiro atoms. The van der Waals surface area contributed by atoms with Gasteiger partial charge < -0.3 is 10.1 Å². The van der Waals surface area contributed by atoms with Gasteiger partial charge >= 0.3 is 0 Å². The van der Waals surface area contributed by atoms with E-state index in [4.69, 9.17) is 16.3 Å². The van der Waals surface area contributed by atoms with Crippen molar-refractivity contribution >= 4 is 33.2 Å². The van der Waals surface area contributed by atoms with Crippen LogP contribution in [0.2, 0.25) is 5.02 Å². The van der Waals surface area contributed by atoms with Crippen molar-refractivity contribution in [3.05, 3.63) is 29.3 Å². The first kappa shape index (κ1) is 19.7. The Labute approximate surface area is 142 Å². The fourth-order valence-electron chi connectivity index (χ4n) is 2.30. The maximum Gasteiger partial charge on any atom is 0.244 e. The molecule has 0 aliphatic rings. The van der Waals surface area contributed by atoms with Gasteiger partial charge in [0.2, 0.25) is 15.9 Å². The summed E-state index contributed by atoms with van der Waals surface area (Å²) in [6, 6.07) is 5.35. The van der Waals surface area contributed by atoms with Gasteiger partial charge in [-0.25, -0.2) is 8.42 Å². The number of methoxy groups -OCH3 is 1. The normalized spacial score (nSPS) is 14.1. The van der Waals surface area contributed by atoms with Crippen molar-refractivity contribution < 1.29 is 17.9 Å². The molecule has 1 amide bonds. The van der Waals surface area contributed by atoms with Crippen molar-refractivity contribution in [3.63, 3.8) is 0 Å². The van der Waals surface area contributed by atoms with E-state index in [0.717, 1.165) is 10.6 Å². The Morgan fingerprint density at radius 3 is 2.57 bits per heavy atom. The number of hydrogen-bond donors (Lipinski definition) is 1. The number of nitrogens with zero attached hydrogens (tertiary/aromatic N) is 1. The fourth-order valence-corrected chi connectivity index (χ4v) is 3.69. The number of hydrogen-bond acceptors (Lipinski definition) is 4. The van der Waals surface area contributed by atoms with Gasteiger partial charge in [-0.2, -0.15) is 0 Å². The third kappa shape index (κ3) is 5.67. The molecule has 0 aliphatic heterocycles. The first-order valence-electron chi connectivity index (χ1n) is 7.25. The molecule has 0 saturated carbocycles. The minimum Gasteiger partial charge on any atom is -0.383 e. The van der Waals surface area contributed by atoms with E-state index in [1.807, 2.05) is 0 Å². The van der Waals surface area contributed by atoms with Crippen LogP contribution in [0.1, 0.15) is 20.3 Å². The Morgan fingerprint density at radius 1 is 1.43 bits per heavy atom. The molecule has 1 aromatic carbocycles. The molecule has 0 aliphatic carbocycles. The number of anilines is 1. The number of benzene rings is 1. The Bertz CT molecular complexity index is 636. The van der Waals surface area contributed by atoms with Crippen LogP contribution < -0.4 is 9.62 Å². The lowest BCUT2D eigenvalue weighted by Crippen LogP contribution is -2.51. The zero-order chi connectivity index (χ0) is 17.6. The largest absolute Gasteiger partial charge is 0.383 e. The van der Waals surface area contributed by atoms with Gasteiger partial charge in [-0.3, -0.25) is 9.10 Å². The van der Waals surface area contributed by atoms with E-state index in [1.54, 1.807) is 32.0 Å². The third-order valence-corrected chi connectivity index (χ3v) is 4.61. The molecule has 6 nitrogen and oxygen atoms in total. The maximum absolute atomic E-state index is 12.5. The molecule has 0 bridgehead atoms. The van der Waals surface area contributed by atoms with Crippen molar-refractivity contribution in [1.29, 1.82) is 0 Å². The summed E-state index contributed by atoms with van der Waals surface area (Å²) >= 11 is 5.95. The van der Waals surface area contributed by atoms with Gasteiger partial charge in [-0.15, -0.1) is 0 Å². The molecule has 0 saturated heterocycles. The fraction of sp³-hybridized carbons (Fsp3) is 0.533. The molecule has 130 valence electrons. The highest BCUT2D eigenvalue weighted by Crippen LogP contribution is 2.25. The van der Waals surface area contributed by atoms with Crippen LogP contribution in [0.3, 0.4) is 0 Å².